The number of rotatable bonds is 6. The number of hydrogen-bond acceptors (Lipinski definition) is 6. The monoisotopic (exact) mass is 467 g/mol. The minimum absolute atomic E-state index is 0.408. The van der Waals surface area contributed by atoms with Crippen LogP contribution >= 0.6 is 31.9 Å². The molecule has 0 aliphatic rings. The molecule has 0 bridgehead atoms. The van der Waals surface area contributed by atoms with Crippen LogP contribution in [0.5, 0.6) is 11.5 Å². The number of nitrogens with zero attached hydrogens (tertiary/aromatic N) is 2. The SMILES string of the molecule is COc1ccc(-c2noc(CNc3ccc(Br)cc3Br)n2)c(OC)c1. The zero-order valence-corrected chi connectivity index (χ0v) is 16.7. The van der Waals surface area contributed by atoms with E-state index < -0.39 is 0 Å². The van der Waals surface area contributed by atoms with Gasteiger partial charge in [0.15, 0.2) is 0 Å². The van der Waals surface area contributed by atoms with Crippen LogP contribution in [0.25, 0.3) is 11.4 Å². The lowest BCUT2D eigenvalue weighted by Crippen LogP contribution is -2.00. The van der Waals surface area contributed by atoms with Gasteiger partial charge in [0.25, 0.3) is 0 Å². The van der Waals surface area contributed by atoms with E-state index in [0.717, 1.165) is 20.2 Å². The number of ether oxygens (including phenoxy) is 2. The van der Waals surface area contributed by atoms with Crippen LogP contribution in [-0.2, 0) is 6.54 Å². The van der Waals surface area contributed by atoms with Gasteiger partial charge in [0.1, 0.15) is 11.5 Å². The molecule has 3 aromatic rings. The Hall–Kier alpha value is -2.06. The van der Waals surface area contributed by atoms with Crippen LogP contribution in [0, 0.1) is 0 Å². The van der Waals surface area contributed by atoms with Crippen LogP contribution in [0.4, 0.5) is 5.69 Å². The van der Waals surface area contributed by atoms with Crippen LogP contribution in [0.1, 0.15) is 5.89 Å². The van der Waals surface area contributed by atoms with E-state index in [1.54, 1.807) is 20.3 Å². The molecule has 0 saturated heterocycles. The highest BCUT2D eigenvalue weighted by Gasteiger charge is 2.14. The molecule has 0 amide bonds. The smallest absolute Gasteiger partial charge is 0.246 e. The molecule has 0 atom stereocenters. The minimum atomic E-state index is 0.408. The molecule has 1 heterocycles. The lowest BCUT2D eigenvalue weighted by atomic mass is 10.2. The first-order valence-electron chi connectivity index (χ1n) is 7.34. The molecule has 0 unspecified atom stereocenters. The molecule has 0 aliphatic carbocycles. The number of aromatic nitrogens is 2. The Morgan fingerprint density at radius 3 is 2.64 bits per heavy atom. The second-order valence-electron chi connectivity index (χ2n) is 5.06. The highest BCUT2D eigenvalue weighted by molar-refractivity contribution is 9.11. The largest absolute Gasteiger partial charge is 0.497 e. The minimum Gasteiger partial charge on any atom is -0.497 e. The van der Waals surface area contributed by atoms with Gasteiger partial charge in [-0.15, -0.1) is 0 Å². The molecule has 1 N–H and O–H groups in total. The Bertz CT molecular complexity index is 883. The van der Waals surface area contributed by atoms with Gasteiger partial charge in [-0.05, 0) is 46.3 Å². The summed E-state index contributed by atoms with van der Waals surface area (Å²) in [5.74, 6) is 2.26. The molecule has 1 aromatic heterocycles. The van der Waals surface area contributed by atoms with Crippen molar-refractivity contribution in [3.05, 3.63) is 51.2 Å². The van der Waals surface area contributed by atoms with Gasteiger partial charge in [-0.2, -0.15) is 4.98 Å². The van der Waals surface area contributed by atoms with Crippen molar-refractivity contribution < 1.29 is 14.0 Å². The number of hydrogen-bond donors (Lipinski definition) is 1. The van der Waals surface area contributed by atoms with Gasteiger partial charge in [-0.1, -0.05) is 21.1 Å². The predicted molar refractivity (Wildman–Crippen MR) is 102 cm³/mol. The topological polar surface area (TPSA) is 69.4 Å². The maximum absolute atomic E-state index is 5.38. The molecule has 25 heavy (non-hydrogen) atoms. The molecule has 0 saturated carbocycles. The van der Waals surface area contributed by atoms with Crippen molar-refractivity contribution >= 4 is 37.5 Å². The van der Waals surface area contributed by atoms with Crippen LogP contribution in [0.2, 0.25) is 0 Å². The fourth-order valence-electron chi connectivity index (χ4n) is 2.22. The third-order valence-corrected chi connectivity index (χ3v) is 4.63. The predicted octanol–water partition coefficient (Wildman–Crippen LogP) is 4.89. The van der Waals surface area contributed by atoms with E-state index in [0.29, 0.717) is 29.8 Å². The van der Waals surface area contributed by atoms with Crippen molar-refractivity contribution in [2.75, 3.05) is 19.5 Å². The van der Waals surface area contributed by atoms with Crippen LogP contribution in [0.3, 0.4) is 0 Å². The average molecular weight is 469 g/mol. The summed E-state index contributed by atoms with van der Waals surface area (Å²) in [6, 6.07) is 11.3. The van der Waals surface area contributed by atoms with E-state index in [-0.39, 0.29) is 0 Å². The molecule has 0 radical (unpaired) electrons. The molecular formula is C17H15Br2N3O3. The van der Waals surface area contributed by atoms with Gasteiger partial charge in [0.05, 0.1) is 26.3 Å². The Kier molecular flexibility index (Phi) is 5.60. The number of benzene rings is 2. The summed E-state index contributed by atoms with van der Waals surface area (Å²) in [7, 11) is 3.19. The summed E-state index contributed by atoms with van der Waals surface area (Å²) in [6.07, 6.45) is 0. The molecule has 0 spiro atoms. The summed E-state index contributed by atoms with van der Waals surface area (Å²) in [5.41, 5.74) is 1.67. The summed E-state index contributed by atoms with van der Waals surface area (Å²) in [4.78, 5) is 4.42. The molecule has 0 fully saturated rings. The summed E-state index contributed by atoms with van der Waals surface area (Å²) < 4.78 is 17.8. The third kappa shape index (κ3) is 4.13. The number of halogens is 2. The standard InChI is InChI=1S/C17H15Br2N3O3/c1-23-11-4-5-12(15(8-11)24-2)17-21-16(25-22-17)9-20-14-6-3-10(18)7-13(14)19/h3-8,20H,9H2,1-2H3. The first-order chi connectivity index (χ1) is 12.1. The van der Waals surface area contributed by atoms with Crippen molar-refractivity contribution in [3.63, 3.8) is 0 Å². The van der Waals surface area contributed by atoms with Crippen molar-refractivity contribution in [1.82, 2.24) is 10.1 Å². The Labute approximate surface area is 161 Å². The van der Waals surface area contributed by atoms with E-state index in [1.807, 2.05) is 30.3 Å². The van der Waals surface area contributed by atoms with Gasteiger partial charge in [-0.3, -0.25) is 0 Å². The van der Waals surface area contributed by atoms with Crippen molar-refractivity contribution in [2.45, 2.75) is 6.54 Å². The van der Waals surface area contributed by atoms with E-state index >= 15 is 0 Å². The molecule has 130 valence electrons. The number of anilines is 1. The van der Waals surface area contributed by atoms with E-state index in [4.69, 9.17) is 14.0 Å². The molecule has 8 heteroatoms. The summed E-state index contributed by atoms with van der Waals surface area (Å²) >= 11 is 6.93. The molecule has 2 aromatic carbocycles. The summed E-state index contributed by atoms with van der Waals surface area (Å²) in [6.45, 7) is 0.408. The lowest BCUT2D eigenvalue weighted by Gasteiger charge is -2.07. The van der Waals surface area contributed by atoms with E-state index in [9.17, 15) is 0 Å². The molecule has 0 aliphatic heterocycles. The normalized spacial score (nSPS) is 10.6. The molecule has 6 nitrogen and oxygen atoms in total. The first-order valence-corrected chi connectivity index (χ1v) is 8.93. The van der Waals surface area contributed by atoms with Crippen molar-refractivity contribution in [2.24, 2.45) is 0 Å². The second-order valence-corrected chi connectivity index (χ2v) is 6.83. The van der Waals surface area contributed by atoms with Gasteiger partial charge < -0.3 is 19.3 Å². The van der Waals surface area contributed by atoms with Crippen molar-refractivity contribution in [1.29, 1.82) is 0 Å². The summed E-state index contributed by atoms with van der Waals surface area (Å²) in [5, 5.41) is 7.29. The van der Waals surface area contributed by atoms with Gasteiger partial charge in [0.2, 0.25) is 11.7 Å². The highest BCUT2D eigenvalue weighted by Crippen LogP contribution is 2.32. The van der Waals surface area contributed by atoms with Crippen LogP contribution in [0.15, 0.2) is 49.9 Å². The fraction of sp³-hybridized carbons (Fsp3) is 0.176. The third-order valence-electron chi connectivity index (χ3n) is 3.48. The fourth-order valence-corrected chi connectivity index (χ4v) is 3.41. The second kappa shape index (κ2) is 7.88. The zero-order valence-electron chi connectivity index (χ0n) is 13.5. The Balaban J connectivity index is 1.76. The van der Waals surface area contributed by atoms with Gasteiger partial charge in [0, 0.05) is 20.7 Å². The maximum Gasteiger partial charge on any atom is 0.246 e. The highest BCUT2D eigenvalue weighted by atomic mass is 79.9. The lowest BCUT2D eigenvalue weighted by molar-refractivity contribution is 0.382. The van der Waals surface area contributed by atoms with Crippen molar-refractivity contribution in [3.8, 4) is 22.9 Å². The quantitative estimate of drug-likeness (QED) is 0.555. The van der Waals surface area contributed by atoms with E-state index in [1.165, 1.54) is 0 Å². The van der Waals surface area contributed by atoms with Crippen LogP contribution in [-0.4, -0.2) is 24.4 Å². The maximum atomic E-state index is 5.38. The van der Waals surface area contributed by atoms with Gasteiger partial charge in [-0.25, -0.2) is 0 Å². The van der Waals surface area contributed by atoms with E-state index in [2.05, 4.69) is 47.3 Å². The first kappa shape index (κ1) is 17.8. The van der Waals surface area contributed by atoms with Crippen LogP contribution < -0.4 is 14.8 Å². The number of nitrogens with one attached hydrogen (secondary N) is 1. The zero-order chi connectivity index (χ0) is 17.8. The number of methoxy groups -OCH3 is 2. The average Bonchev–Trinajstić information content (AvgIpc) is 3.09. The van der Waals surface area contributed by atoms with Gasteiger partial charge >= 0.3 is 0 Å². The molecule has 3 rings (SSSR count). The molecular weight excluding hydrogens is 454 g/mol. The Morgan fingerprint density at radius 2 is 1.92 bits per heavy atom. The Morgan fingerprint density at radius 1 is 1.08 bits per heavy atom.